The summed E-state index contributed by atoms with van der Waals surface area (Å²) >= 11 is 0. The smallest absolute Gasteiger partial charge is 0.309 e. The zero-order chi connectivity index (χ0) is 13.9. The van der Waals surface area contributed by atoms with Crippen LogP contribution in [0, 0.1) is 17.8 Å². The van der Waals surface area contributed by atoms with Gasteiger partial charge in [-0.1, -0.05) is 18.1 Å². The zero-order valence-corrected chi connectivity index (χ0v) is 11.8. The van der Waals surface area contributed by atoms with Gasteiger partial charge in [-0.25, -0.2) is 0 Å². The number of carbonyl (C=O) groups excluding carboxylic acids is 2. The first kappa shape index (κ1) is 14.9. The number of carbonyl (C=O) groups is 2. The minimum Gasteiger partial charge on any atom is -0.461 e. The highest BCUT2D eigenvalue weighted by Gasteiger charge is 2.53. The fourth-order valence-electron chi connectivity index (χ4n) is 3.82. The van der Waals surface area contributed by atoms with Crippen LogP contribution in [-0.4, -0.2) is 34.5 Å². The van der Waals surface area contributed by atoms with Gasteiger partial charge in [0.2, 0.25) is 0 Å². The van der Waals surface area contributed by atoms with Crippen LogP contribution in [-0.2, 0) is 14.3 Å². The zero-order valence-electron chi connectivity index (χ0n) is 11.8. The van der Waals surface area contributed by atoms with Gasteiger partial charge in [-0.15, -0.1) is 0 Å². The Labute approximate surface area is 117 Å². The van der Waals surface area contributed by atoms with Crippen LogP contribution in [0.25, 0.3) is 0 Å². The lowest BCUT2D eigenvalue weighted by Gasteiger charge is -2.26. The number of esters is 1. The van der Waals surface area contributed by atoms with Gasteiger partial charge in [-0.05, 0) is 26.3 Å². The van der Waals surface area contributed by atoms with Crippen LogP contribution >= 0.6 is 0 Å². The minimum absolute atomic E-state index is 0. The molecule has 3 N–H and O–H groups in total. The van der Waals surface area contributed by atoms with Crippen LogP contribution in [0.3, 0.4) is 0 Å². The van der Waals surface area contributed by atoms with E-state index in [-0.39, 0.29) is 35.0 Å². The summed E-state index contributed by atoms with van der Waals surface area (Å²) < 4.78 is 5.48. The van der Waals surface area contributed by atoms with Gasteiger partial charge < -0.3 is 15.3 Å². The molecule has 0 aromatic carbocycles. The number of hydrogen-bond donors (Lipinski definition) is 1. The number of aliphatic hydroxyl groups excluding tert-OH is 1. The molecule has 1 aliphatic heterocycles. The van der Waals surface area contributed by atoms with Gasteiger partial charge in [-0.2, -0.15) is 0 Å². The fourth-order valence-corrected chi connectivity index (χ4v) is 3.82. The Morgan fingerprint density at radius 1 is 1.30 bits per heavy atom. The van der Waals surface area contributed by atoms with Crippen LogP contribution in [0.2, 0.25) is 0 Å². The molecule has 20 heavy (non-hydrogen) atoms. The Morgan fingerprint density at radius 2 is 1.95 bits per heavy atom. The molecule has 5 heteroatoms. The Hall–Kier alpha value is -1.46. The summed E-state index contributed by atoms with van der Waals surface area (Å²) in [5.74, 6) is -0.957. The van der Waals surface area contributed by atoms with Crippen LogP contribution < -0.4 is 0 Å². The van der Waals surface area contributed by atoms with Crippen molar-refractivity contribution in [2.45, 2.75) is 39.4 Å². The lowest BCUT2D eigenvalue weighted by Crippen LogP contribution is -2.35. The second kappa shape index (κ2) is 4.82. The number of rotatable bonds is 0. The van der Waals surface area contributed by atoms with Gasteiger partial charge >= 0.3 is 5.97 Å². The SMILES string of the molecule is CC1=CC(=O)C2=C(C)C[C@@H](O)[C@@H]3[C@@H](OC(=O)[C@H]3C)[C@H]12.O. The van der Waals surface area contributed by atoms with Crippen LogP contribution in [0.1, 0.15) is 27.2 Å². The van der Waals surface area contributed by atoms with E-state index in [9.17, 15) is 14.7 Å². The lowest BCUT2D eigenvalue weighted by molar-refractivity contribution is -0.144. The number of allylic oxidation sites excluding steroid dienone is 1. The molecule has 3 aliphatic rings. The highest BCUT2D eigenvalue weighted by atomic mass is 16.6. The topological polar surface area (TPSA) is 95.1 Å². The van der Waals surface area contributed by atoms with E-state index >= 15 is 0 Å². The third-order valence-corrected chi connectivity index (χ3v) is 4.75. The van der Waals surface area contributed by atoms with Gasteiger partial charge in [-0.3, -0.25) is 9.59 Å². The summed E-state index contributed by atoms with van der Waals surface area (Å²) in [7, 11) is 0. The maximum absolute atomic E-state index is 12.1. The Kier molecular flexibility index (Phi) is 3.60. The molecule has 3 rings (SSSR count). The van der Waals surface area contributed by atoms with E-state index in [0.717, 1.165) is 16.7 Å². The summed E-state index contributed by atoms with van der Waals surface area (Å²) in [5.41, 5.74) is 2.59. The maximum atomic E-state index is 12.1. The number of ether oxygens (including phenoxy) is 1. The average Bonchev–Trinajstić information content (AvgIpc) is 2.72. The number of ketones is 1. The molecular formula is C15H20O5. The minimum atomic E-state index is -0.620. The molecule has 1 heterocycles. The Morgan fingerprint density at radius 3 is 2.60 bits per heavy atom. The van der Waals surface area contributed by atoms with Crippen molar-refractivity contribution in [1.82, 2.24) is 0 Å². The molecule has 0 aromatic heterocycles. The molecule has 1 fully saturated rings. The van der Waals surface area contributed by atoms with Crippen LogP contribution in [0.15, 0.2) is 22.8 Å². The lowest BCUT2D eigenvalue weighted by atomic mass is 9.80. The van der Waals surface area contributed by atoms with E-state index in [2.05, 4.69) is 0 Å². The summed E-state index contributed by atoms with van der Waals surface area (Å²) in [5, 5.41) is 10.3. The summed E-state index contributed by atoms with van der Waals surface area (Å²) in [6.45, 7) is 5.59. The Bertz CT molecular complexity index is 530. The fraction of sp³-hybridized carbons (Fsp3) is 0.600. The largest absolute Gasteiger partial charge is 0.461 e. The average molecular weight is 280 g/mol. The van der Waals surface area contributed by atoms with Crippen molar-refractivity contribution in [3.63, 3.8) is 0 Å². The van der Waals surface area contributed by atoms with E-state index in [1.165, 1.54) is 0 Å². The van der Waals surface area contributed by atoms with Crippen molar-refractivity contribution >= 4 is 11.8 Å². The molecular weight excluding hydrogens is 260 g/mol. The Balaban J connectivity index is 0.00000147. The number of hydrogen-bond acceptors (Lipinski definition) is 4. The van der Waals surface area contributed by atoms with E-state index in [1.807, 2.05) is 13.8 Å². The molecule has 110 valence electrons. The molecule has 1 saturated heterocycles. The molecule has 0 bridgehead atoms. The molecule has 0 aromatic rings. The number of aliphatic hydroxyl groups is 1. The van der Waals surface area contributed by atoms with Crippen LogP contribution in [0.5, 0.6) is 0 Å². The van der Waals surface area contributed by atoms with Crippen molar-refractivity contribution in [2.24, 2.45) is 17.8 Å². The van der Waals surface area contributed by atoms with Gasteiger partial charge in [0.1, 0.15) is 6.10 Å². The molecule has 0 amide bonds. The summed E-state index contributed by atoms with van der Waals surface area (Å²) in [6.07, 6.45) is 1.06. The van der Waals surface area contributed by atoms with Gasteiger partial charge in [0, 0.05) is 17.4 Å². The van der Waals surface area contributed by atoms with E-state index in [4.69, 9.17) is 4.74 Å². The van der Waals surface area contributed by atoms with Crippen molar-refractivity contribution in [3.8, 4) is 0 Å². The highest BCUT2D eigenvalue weighted by Crippen LogP contribution is 2.47. The second-order valence-electron chi connectivity index (χ2n) is 5.96. The first-order valence-corrected chi connectivity index (χ1v) is 6.72. The maximum Gasteiger partial charge on any atom is 0.309 e. The quantitative estimate of drug-likeness (QED) is 0.656. The predicted octanol–water partition coefficient (Wildman–Crippen LogP) is 0.566. The third-order valence-electron chi connectivity index (χ3n) is 4.75. The molecule has 5 nitrogen and oxygen atoms in total. The van der Waals surface area contributed by atoms with Crippen molar-refractivity contribution in [2.75, 3.05) is 0 Å². The molecule has 0 radical (unpaired) electrons. The molecule has 0 unspecified atom stereocenters. The highest BCUT2D eigenvalue weighted by molar-refractivity contribution is 6.09. The van der Waals surface area contributed by atoms with Crippen LogP contribution in [0.4, 0.5) is 0 Å². The van der Waals surface area contributed by atoms with E-state index < -0.39 is 12.2 Å². The summed E-state index contributed by atoms with van der Waals surface area (Å²) in [4.78, 5) is 23.9. The normalized spacial score (nSPS) is 39.6. The first-order chi connectivity index (χ1) is 8.91. The molecule has 2 aliphatic carbocycles. The van der Waals surface area contributed by atoms with Crippen molar-refractivity contribution in [1.29, 1.82) is 0 Å². The molecule has 0 spiro atoms. The van der Waals surface area contributed by atoms with Crippen molar-refractivity contribution < 1.29 is 24.9 Å². The van der Waals surface area contributed by atoms with Gasteiger partial charge in [0.15, 0.2) is 5.78 Å². The second-order valence-corrected chi connectivity index (χ2v) is 5.96. The summed E-state index contributed by atoms with van der Waals surface area (Å²) in [6, 6.07) is 0. The molecule has 0 saturated carbocycles. The molecule has 5 atom stereocenters. The van der Waals surface area contributed by atoms with Gasteiger partial charge in [0.05, 0.1) is 12.0 Å². The predicted molar refractivity (Wildman–Crippen MR) is 71.7 cm³/mol. The third kappa shape index (κ3) is 1.84. The monoisotopic (exact) mass is 280 g/mol. The number of fused-ring (bicyclic) bond motifs is 3. The van der Waals surface area contributed by atoms with E-state index in [1.54, 1.807) is 13.0 Å². The van der Waals surface area contributed by atoms with Gasteiger partial charge in [0.25, 0.3) is 0 Å². The first-order valence-electron chi connectivity index (χ1n) is 6.72. The standard InChI is InChI=1S/C15H18O4.H2O/c1-6-4-10(17)13-8(3)15(18)19-14(13)12-7(2)5-9(16)11(6)12;/h5,8,10,12-14,17H,4H2,1-3H3;1H2/t8-,10+,12+,13+,14-;/m0./s1. The van der Waals surface area contributed by atoms with Crippen molar-refractivity contribution in [3.05, 3.63) is 22.8 Å². The van der Waals surface area contributed by atoms with E-state index in [0.29, 0.717) is 6.42 Å².